The summed E-state index contributed by atoms with van der Waals surface area (Å²) in [7, 11) is 8.04. The zero-order valence-electron chi connectivity index (χ0n) is 25.7. The number of piperazine rings is 1. The van der Waals surface area contributed by atoms with Crippen molar-refractivity contribution < 1.29 is 9.53 Å². The number of benzene rings is 1. The van der Waals surface area contributed by atoms with Crippen molar-refractivity contribution in [2.45, 2.75) is 45.8 Å². The molecule has 3 heterocycles. The number of aromatic nitrogens is 1. The third-order valence-corrected chi connectivity index (χ3v) is 8.32. The van der Waals surface area contributed by atoms with Gasteiger partial charge in [0.2, 0.25) is 6.41 Å². The maximum atomic E-state index is 13.1. The van der Waals surface area contributed by atoms with Crippen LogP contribution in [0.2, 0.25) is 5.02 Å². The number of aryl methyl sites for hydroxylation is 2. The van der Waals surface area contributed by atoms with Gasteiger partial charge in [0.05, 0.1) is 29.0 Å². The first-order valence-electron chi connectivity index (χ1n) is 14.7. The highest BCUT2D eigenvalue weighted by Gasteiger charge is 2.32. The molecule has 0 bridgehead atoms. The van der Waals surface area contributed by atoms with E-state index in [2.05, 4.69) is 65.6 Å². The lowest BCUT2D eigenvalue weighted by Crippen LogP contribution is -2.53. The van der Waals surface area contributed by atoms with Gasteiger partial charge in [0.25, 0.3) is 0 Å². The van der Waals surface area contributed by atoms with Crippen molar-refractivity contribution >= 4 is 41.2 Å². The summed E-state index contributed by atoms with van der Waals surface area (Å²) in [6.45, 7) is 11.8. The molecule has 0 N–H and O–H groups in total. The van der Waals surface area contributed by atoms with Crippen molar-refractivity contribution in [2.24, 2.45) is 4.99 Å². The van der Waals surface area contributed by atoms with Crippen LogP contribution in [-0.2, 0) is 22.4 Å². The van der Waals surface area contributed by atoms with Crippen molar-refractivity contribution in [1.82, 2.24) is 19.7 Å². The van der Waals surface area contributed by atoms with E-state index < -0.39 is 0 Å². The Morgan fingerprint density at radius 1 is 1.17 bits per heavy atom. The summed E-state index contributed by atoms with van der Waals surface area (Å²) in [6.07, 6.45) is 2.52. The van der Waals surface area contributed by atoms with Gasteiger partial charge in [-0.3, -0.25) is 14.7 Å². The second-order valence-electron chi connectivity index (χ2n) is 11.3. The Balaban J connectivity index is 1.89. The molecule has 9 nitrogen and oxygen atoms in total. The van der Waals surface area contributed by atoms with Crippen LogP contribution < -0.4 is 9.80 Å². The summed E-state index contributed by atoms with van der Waals surface area (Å²) in [4.78, 5) is 33.8. The first-order chi connectivity index (χ1) is 19.7. The monoisotopic (exact) mass is 583 g/mol. The Kier molecular flexibility index (Phi) is 10.6. The van der Waals surface area contributed by atoms with Crippen LogP contribution in [0.3, 0.4) is 0 Å². The topological polar surface area (TPSA) is 67.8 Å². The molecule has 2 unspecified atom stereocenters. The fraction of sp³-hybridized carbons (Fsp3) is 0.581. The van der Waals surface area contributed by atoms with Crippen LogP contribution in [0.5, 0.6) is 0 Å². The Morgan fingerprint density at radius 3 is 2.46 bits per heavy atom. The molecule has 10 heteroatoms. The van der Waals surface area contributed by atoms with E-state index >= 15 is 0 Å². The van der Waals surface area contributed by atoms with Crippen LogP contribution in [-0.4, -0.2) is 118 Å². The Labute approximate surface area is 250 Å². The Bertz CT molecular complexity index is 1210. The largest absolute Gasteiger partial charge is 0.373 e. The van der Waals surface area contributed by atoms with Crippen LogP contribution in [0.25, 0.3) is 0 Å². The number of carbonyl (C=O) groups excluding carboxylic acids is 1. The molecule has 1 amide bonds. The Morgan fingerprint density at radius 2 is 1.88 bits per heavy atom. The van der Waals surface area contributed by atoms with E-state index in [4.69, 9.17) is 26.3 Å². The van der Waals surface area contributed by atoms with Crippen LogP contribution in [0.15, 0.2) is 29.3 Å². The molecule has 41 heavy (non-hydrogen) atoms. The van der Waals surface area contributed by atoms with Gasteiger partial charge in [0, 0.05) is 52.4 Å². The molecule has 0 aliphatic carbocycles. The first-order valence-corrected chi connectivity index (χ1v) is 15.1. The quantitative estimate of drug-likeness (QED) is 0.252. The lowest BCUT2D eigenvalue weighted by atomic mass is 10.0. The van der Waals surface area contributed by atoms with E-state index in [1.54, 1.807) is 4.90 Å². The molecule has 0 spiro atoms. The number of halogens is 1. The van der Waals surface area contributed by atoms with Gasteiger partial charge in [-0.25, -0.2) is 4.98 Å². The number of amidine groups is 1. The number of para-hydroxylation sites is 1. The van der Waals surface area contributed by atoms with Gasteiger partial charge in [-0.15, -0.1) is 0 Å². The average Bonchev–Trinajstić information content (AvgIpc) is 2.95. The Hall–Kier alpha value is -2.72. The zero-order valence-corrected chi connectivity index (χ0v) is 26.5. The van der Waals surface area contributed by atoms with Gasteiger partial charge in [0.15, 0.2) is 5.82 Å². The summed E-state index contributed by atoms with van der Waals surface area (Å²) < 4.78 is 6.04. The lowest BCUT2D eigenvalue weighted by molar-refractivity contribution is -0.106. The van der Waals surface area contributed by atoms with E-state index in [0.717, 1.165) is 73.6 Å². The minimum absolute atomic E-state index is 0.0355. The highest BCUT2D eigenvalue weighted by atomic mass is 35.5. The predicted octanol–water partition coefficient (Wildman–Crippen LogP) is 3.93. The van der Waals surface area contributed by atoms with Gasteiger partial charge in [-0.2, -0.15) is 0 Å². The van der Waals surface area contributed by atoms with Crippen LogP contribution in [0.1, 0.15) is 37.5 Å². The van der Waals surface area contributed by atoms with Crippen molar-refractivity contribution in [3.8, 4) is 0 Å². The van der Waals surface area contributed by atoms with Crippen molar-refractivity contribution in [3.63, 3.8) is 0 Å². The van der Waals surface area contributed by atoms with Gasteiger partial charge in [-0.05, 0) is 58.1 Å². The molecule has 2 atom stereocenters. The normalized spacial score (nSPS) is 20.6. The maximum absolute atomic E-state index is 13.1. The number of hydrogen-bond donors (Lipinski definition) is 0. The summed E-state index contributed by atoms with van der Waals surface area (Å²) in [5.74, 6) is 2.02. The van der Waals surface area contributed by atoms with E-state index in [9.17, 15) is 4.79 Å². The number of morpholine rings is 1. The lowest BCUT2D eigenvalue weighted by Gasteiger charge is -2.41. The third-order valence-electron chi connectivity index (χ3n) is 8.04. The van der Waals surface area contributed by atoms with E-state index in [0.29, 0.717) is 36.4 Å². The third kappa shape index (κ3) is 6.85. The zero-order chi connectivity index (χ0) is 29.7. The van der Waals surface area contributed by atoms with Crippen molar-refractivity contribution in [2.75, 3.05) is 83.9 Å². The highest BCUT2D eigenvalue weighted by molar-refractivity contribution is 6.33. The van der Waals surface area contributed by atoms with E-state index in [1.807, 2.05) is 27.2 Å². The second-order valence-corrected chi connectivity index (χ2v) is 11.7. The molecular formula is C31H46ClN7O2. The SMILES string of the molecule is CCc1cccc(CC)c1N(C=O)c1nc(N2CCOC(CN(C)C)C2)c(Cl)cc1/C(=N\C)N1CCN(C)CC1C. The van der Waals surface area contributed by atoms with Crippen LogP contribution in [0, 0.1) is 0 Å². The van der Waals surface area contributed by atoms with E-state index in [1.165, 1.54) is 0 Å². The molecule has 2 fully saturated rings. The molecule has 1 aromatic carbocycles. The number of ether oxygens (including phenoxy) is 1. The molecule has 1 aromatic heterocycles. The molecule has 0 saturated carbocycles. The number of pyridine rings is 1. The summed E-state index contributed by atoms with van der Waals surface area (Å²) in [6, 6.07) is 8.44. The smallest absolute Gasteiger partial charge is 0.219 e. The molecule has 0 radical (unpaired) electrons. The minimum atomic E-state index is 0.0355. The predicted molar refractivity (Wildman–Crippen MR) is 169 cm³/mol. The standard InChI is InChI=1S/C31H46ClN7O2/c1-8-23-11-10-12-24(9-2)28(23)39(21-40)30-26(29(33-4)38-14-13-36(7)18-22(38)3)17-27(32)31(34-30)37-15-16-41-25(20-37)19-35(5)6/h10-12,17,21-22,25H,8-9,13-16,18-20H2,1-7H3/b33-29+. The minimum Gasteiger partial charge on any atom is -0.373 e. The second kappa shape index (κ2) is 14.0. The van der Waals surface area contributed by atoms with Crippen LogP contribution >= 0.6 is 11.6 Å². The molecule has 2 aliphatic rings. The van der Waals surface area contributed by atoms with Gasteiger partial charge in [-0.1, -0.05) is 43.6 Å². The molecule has 2 saturated heterocycles. The fourth-order valence-electron chi connectivity index (χ4n) is 6.06. The number of carbonyl (C=O) groups is 1. The number of aliphatic imine (C=N–C) groups is 1. The van der Waals surface area contributed by atoms with Crippen molar-refractivity contribution in [1.29, 1.82) is 0 Å². The maximum Gasteiger partial charge on any atom is 0.219 e. The number of nitrogens with zero attached hydrogens (tertiary/aromatic N) is 7. The molecule has 4 rings (SSSR count). The van der Waals surface area contributed by atoms with Crippen molar-refractivity contribution in [3.05, 3.63) is 46.0 Å². The first kappa shape index (κ1) is 31.2. The molecule has 224 valence electrons. The van der Waals surface area contributed by atoms with Gasteiger partial charge in [0.1, 0.15) is 11.7 Å². The van der Waals surface area contributed by atoms with Gasteiger partial charge >= 0.3 is 0 Å². The number of hydrogen-bond acceptors (Lipinski definition) is 7. The average molecular weight is 584 g/mol. The number of rotatable bonds is 9. The van der Waals surface area contributed by atoms with Crippen LogP contribution in [0.4, 0.5) is 17.3 Å². The van der Waals surface area contributed by atoms with E-state index in [-0.39, 0.29) is 12.1 Å². The van der Waals surface area contributed by atoms with Gasteiger partial charge < -0.3 is 24.3 Å². The summed E-state index contributed by atoms with van der Waals surface area (Å²) in [5.41, 5.74) is 3.85. The number of likely N-dealkylation sites (N-methyl/N-ethyl adjacent to an activating group) is 2. The summed E-state index contributed by atoms with van der Waals surface area (Å²) >= 11 is 7.05. The fourth-order valence-corrected chi connectivity index (χ4v) is 6.33. The number of amides is 1. The number of anilines is 3. The molecular weight excluding hydrogens is 538 g/mol. The highest BCUT2D eigenvalue weighted by Crippen LogP contribution is 2.38. The molecule has 2 aliphatic heterocycles. The molecule has 2 aromatic rings. The summed E-state index contributed by atoms with van der Waals surface area (Å²) in [5, 5.41) is 0.544.